The third kappa shape index (κ3) is 3.63. The molecule has 4 rings (SSSR count). The summed E-state index contributed by atoms with van der Waals surface area (Å²) in [6, 6.07) is 15.2. The van der Waals surface area contributed by atoms with E-state index in [0.717, 1.165) is 17.1 Å². The predicted molar refractivity (Wildman–Crippen MR) is 114 cm³/mol. The average Bonchev–Trinajstić information content (AvgIpc) is 3.37. The van der Waals surface area contributed by atoms with Crippen LogP contribution in [0.5, 0.6) is 0 Å². The van der Waals surface area contributed by atoms with Gasteiger partial charge in [-0.2, -0.15) is 4.31 Å². The van der Waals surface area contributed by atoms with Crippen molar-refractivity contribution in [3.05, 3.63) is 70.9 Å². The Morgan fingerprint density at radius 1 is 0.966 bits per heavy atom. The highest BCUT2D eigenvalue weighted by Gasteiger charge is 2.32. The van der Waals surface area contributed by atoms with Gasteiger partial charge in [-0.25, -0.2) is 8.42 Å². The molecule has 0 radical (unpaired) electrons. The number of nitrogens with zero attached hydrogens (tertiary/aromatic N) is 3. The maximum absolute atomic E-state index is 13.1. The number of aromatic nitrogens is 1. The molecule has 1 amide bonds. The molecule has 0 saturated carbocycles. The molecule has 3 heterocycles. The molecular weight excluding hydrogens is 406 g/mol. The molecule has 6 nitrogen and oxygen atoms in total. The van der Waals surface area contributed by atoms with Gasteiger partial charge in [0.1, 0.15) is 4.21 Å². The van der Waals surface area contributed by atoms with Crippen molar-refractivity contribution in [2.45, 2.75) is 18.1 Å². The van der Waals surface area contributed by atoms with Crippen LogP contribution in [0.3, 0.4) is 0 Å². The van der Waals surface area contributed by atoms with Crippen LogP contribution in [0.1, 0.15) is 21.7 Å². The van der Waals surface area contributed by atoms with Gasteiger partial charge in [-0.1, -0.05) is 24.3 Å². The fourth-order valence-electron chi connectivity index (χ4n) is 3.79. The Kier molecular flexibility index (Phi) is 5.33. The number of hydrogen-bond acceptors (Lipinski definition) is 4. The van der Waals surface area contributed by atoms with Crippen LogP contribution in [0.4, 0.5) is 0 Å². The molecule has 1 aliphatic heterocycles. The first kappa shape index (κ1) is 19.9. The van der Waals surface area contributed by atoms with Crippen LogP contribution in [0.2, 0.25) is 0 Å². The fourth-order valence-corrected chi connectivity index (χ4v) is 6.36. The number of para-hydroxylation sites is 1. The van der Waals surface area contributed by atoms with Crippen LogP contribution >= 0.6 is 11.3 Å². The normalized spacial score (nSPS) is 15.6. The lowest BCUT2D eigenvalue weighted by Crippen LogP contribution is -2.50. The Balaban J connectivity index is 1.51. The van der Waals surface area contributed by atoms with Crippen LogP contribution in [-0.2, 0) is 10.0 Å². The highest BCUT2D eigenvalue weighted by molar-refractivity contribution is 7.91. The van der Waals surface area contributed by atoms with Gasteiger partial charge in [-0.15, -0.1) is 11.3 Å². The number of thiophene rings is 1. The molecular formula is C21H23N3O3S2. The Hall–Kier alpha value is -2.42. The maximum Gasteiger partial charge on any atom is 0.255 e. The molecule has 1 aliphatic rings. The second kappa shape index (κ2) is 7.78. The molecule has 0 N–H and O–H groups in total. The number of aryl methyl sites for hydroxylation is 1. The van der Waals surface area contributed by atoms with Crippen molar-refractivity contribution in [3.8, 4) is 5.69 Å². The molecule has 29 heavy (non-hydrogen) atoms. The van der Waals surface area contributed by atoms with Gasteiger partial charge in [0.15, 0.2) is 0 Å². The van der Waals surface area contributed by atoms with Crippen molar-refractivity contribution < 1.29 is 13.2 Å². The van der Waals surface area contributed by atoms with Crippen LogP contribution in [-0.4, -0.2) is 54.3 Å². The van der Waals surface area contributed by atoms with E-state index in [4.69, 9.17) is 0 Å². The van der Waals surface area contributed by atoms with Gasteiger partial charge in [0, 0.05) is 43.3 Å². The molecule has 152 valence electrons. The van der Waals surface area contributed by atoms with Gasteiger partial charge in [0.2, 0.25) is 0 Å². The predicted octanol–water partition coefficient (Wildman–Crippen LogP) is 3.30. The van der Waals surface area contributed by atoms with E-state index in [-0.39, 0.29) is 5.91 Å². The first-order chi connectivity index (χ1) is 13.9. The lowest BCUT2D eigenvalue weighted by molar-refractivity contribution is 0.0697. The number of carbonyl (C=O) groups excluding carboxylic acids is 1. The zero-order valence-electron chi connectivity index (χ0n) is 16.4. The van der Waals surface area contributed by atoms with Gasteiger partial charge in [0.05, 0.1) is 5.56 Å². The molecule has 0 bridgehead atoms. The molecule has 1 saturated heterocycles. The van der Waals surface area contributed by atoms with E-state index in [0.29, 0.717) is 36.0 Å². The topological polar surface area (TPSA) is 62.6 Å². The van der Waals surface area contributed by atoms with Crippen molar-refractivity contribution in [3.63, 3.8) is 0 Å². The van der Waals surface area contributed by atoms with Crippen molar-refractivity contribution in [2.75, 3.05) is 26.2 Å². The van der Waals surface area contributed by atoms with Crippen molar-refractivity contribution in [2.24, 2.45) is 0 Å². The molecule has 0 aliphatic carbocycles. The smallest absolute Gasteiger partial charge is 0.255 e. The van der Waals surface area contributed by atoms with E-state index in [2.05, 4.69) is 4.57 Å². The summed E-state index contributed by atoms with van der Waals surface area (Å²) in [5.41, 5.74) is 3.58. The molecule has 2 aromatic heterocycles. The van der Waals surface area contributed by atoms with Gasteiger partial charge in [-0.05, 0) is 43.5 Å². The summed E-state index contributed by atoms with van der Waals surface area (Å²) >= 11 is 1.22. The molecule has 1 aromatic carbocycles. The molecule has 0 atom stereocenters. The van der Waals surface area contributed by atoms with Crippen molar-refractivity contribution in [1.82, 2.24) is 13.8 Å². The minimum Gasteiger partial charge on any atom is -0.336 e. The highest BCUT2D eigenvalue weighted by atomic mass is 32.2. The van der Waals surface area contributed by atoms with Crippen LogP contribution in [0, 0.1) is 13.8 Å². The van der Waals surface area contributed by atoms with Gasteiger partial charge >= 0.3 is 0 Å². The highest BCUT2D eigenvalue weighted by Crippen LogP contribution is 2.25. The quantitative estimate of drug-likeness (QED) is 0.639. The summed E-state index contributed by atoms with van der Waals surface area (Å²) in [5, 5.41) is 1.76. The summed E-state index contributed by atoms with van der Waals surface area (Å²) in [6.45, 7) is 5.33. The third-order valence-corrected chi connectivity index (χ3v) is 8.56. The molecule has 1 fully saturated rings. The van der Waals surface area contributed by atoms with Crippen molar-refractivity contribution in [1.29, 1.82) is 0 Å². The van der Waals surface area contributed by atoms with E-state index in [1.54, 1.807) is 22.4 Å². The molecule has 0 unspecified atom stereocenters. The zero-order valence-corrected chi connectivity index (χ0v) is 18.0. The summed E-state index contributed by atoms with van der Waals surface area (Å²) in [6.07, 6.45) is 0. The number of benzene rings is 1. The van der Waals surface area contributed by atoms with E-state index in [9.17, 15) is 13.2 Å². The second-order valence-electron chi connectivity index (χ2n) is 7.08. The number of rotatable bonds is 4. The summed E-state index contributed by atoms with van der Waals surface area (Å²) in [7, 11) is -3.47. The fraction of sp³-hybridized carbons (Fsp3) is 0.286. The van der Waals surface area contributed by atoms with Crippen LogP contribution < -0.4 is 0 Å². The summed E-state index contributed by atoms with van der Waals surface area (Å²) in [4.78, 5) is 14.9. The zero-order chi connectivity index (χ0) is 20.6. The maximum atomic E-state index is 13.1. The number of amides is 1. The number of sulfonamides is 1. The lowest BCUT2D eigenvalue weighted by atomic mass is 10.2. The monoisotopic (exact) mass is 429 g/mol. The van der Waals surface area contributed by atoms with Gasteiger partial charge < -0.3 is 9.47 Å². The summed E-state index contributed by atoms with van der Waals surface area (Å²) < 4.78 is 29.3. The van der Waals surface area contributed by atoms with E-state index >= 15 is 0 Å². The Bertz CT molecular complexity index is 1110. The first-order valence-electron chi connectivity index (χ1n) is 9.47. The number of piperazine rings is 1. The largest absolute Gasteiger partial charge is 0.336 e. The molecule has 3 aromatic rings. The second-order valence-corrected chi connectivity index (χ2v) is 10.2. The van der Waals surface area contributed by atoms with Crippen molar-refractivity contribution >= 4 is 27.3 Å². The first-order valence-corrected chi connectivity index (χ1v) is 11.8. The van der Waals surface area contributed by atoms with E-state index < -0.39 is 10.0 Å². The lowest BCUT2D eigenvalue weighted by Gasteiger charge is -2.33. The minimum absolute atomic E-state index is 0.0477. The Morgan fingerprint density at radius 2 is 1.66 bits per heavy atom. The number of carbonyl (C=O) groups is 1. The van der Waals surface area contributed by atoms with E-state index in [1.807, 2.05) is 50.2 Å². The SMILES string of the molecule is Cc1cc(C(=O)N2CCN(S(=O)(=O)c3cccs3)CC2)c(C)n1-c1ccccc1. The Labute approximate surface area is 175 Å². The Morgan fingerprint density at radius 3 is 2.28 bits per heavy atom. The van der Waals surface area contributed by atoms with Gasteiger partial charge in [0.25, 0.3) is 15.9 Å². The number of hydrogen-bond donors (Lipinski definition) is 0. The van der Waals surface area contributed by atoms with Crippen LogP contribution in [0.15, 0.2) is 58.1 Å². The molecule has 0 spiro atoms. The van der Waals surface area contributed by atoms with Gasteiger partial charge in [-0.3, -0.25) is 4.79 Å². The van der Waals surface area contributed by atoms with Crippen LogP contribution in [0.25, 0.3) is 5.69 Å². The van der Waals surface area contributed by atoms with E-state index in [1.165, 1.54) is 15.6 Å². The minimum atomic E-state index is -3.47. The third-order valence-electron chi connectivity index (χ3n) is 5.29. The standard InChI is InChI=1S/C21H23N3O3S2/c1-16-15-19(17(2)24(16)18-7-4-3-5-8-18)21(25)22-10-12-23(13-11-22)29(26,27)20-9-6-14-28-20/h3-9,14-15H,10-13H2,1-2H3. The summed E-state index contributed by atoms with van der Waals surface area (Å²) in [5.74, 6) is -0.0477. The average molecular weight is 430 g/mol. The molecule has 8 heteroatoms.